The summed E-state index contributed by atoms with van der Waals surface area (Å²) in [6.07, 6.45) is 4.84. The second-order valence-corrected chi connectivity index (χ2v) is 6.67. The number of rotatable bonds is 5. The molecule has 2 atom stereocenters. The third kappa shape index (κ3) is 2.39. The van der Waals surface area contributed by atoms with Crippen LogP contribution >= 0.6 is 0 Å². The first-order chi connectivity index (χ1) is 10.9. The highest BCUT2D eigenvalue weighted by Gasteiger charge is 2.46. The van der Waals surface area contributed by atoms with Crippen molar-refractivity contribution in [1.29, 1.82) is 0 Å². The van der Waals surface area contributed by atoms with Crippen molar-refractivity contribution in [3.8, 4) is 5.75 Å². The molecule has 3 saturated heterocycles. The van der Waals surface area contributed by atoms with E-state index in [0.29, 0.717) is 12.0 Å². The molecule has 3 fully saturated rings. The van der Waals surface area contributed by atoms with Crippen LogP contribution in [-0.4, -0.2) is 36.3 Å². The zero-order valence-corrected chi connectivity index (χ0v) is 13.3. The van der Waals surface area contributed by atoms with Crippen molar-refractivity contribution in [2.75, 3.05) is 19.7 Å². The van der Waals surface area contributed by atoms with Crippen LogP contribution in [-0.2, 0) is 0 Å². The van der Waals surface area contributed by atoms with Crippen molar-refractivity contribution in [2.24, 2.45) is 11.0 Å². The highest BCUT2D eigenvalue weighted by molar-refractivity contribution is 5.95. The minimum atomic E-state index is 0.285. The molecular weight excluding hydrogens is 274 g/mol. The van der Waals surface area contributed by atoms with Crippen LogP contribution in [0, 0.1) is 5.92 Å². The molecule has 4 aliphatic heterocycles. The average molecular weight is 299 g/mol. The zero-order valence-electron chi connectivity index (χ0n) is 13.3. The molecule has 4 aliphatic rings. The molecule has 0 amide bonds. The van der Waals surface area contributed by atoms with Crippen molar-refractivity contribution >= 4 is 5.71 Å². The summed E-state index contributed by atoms with van der Waals surface area (Å²) in [6.45, 7) is 5.43. The van der Waals surface area contributed by atoms with E-state index in [2.05, 4.69) is 46.6 Å². The zero-order chi connectivity index (χ0) is 14.9. The van der Waals surface area contributed by atoms with Crippen LogP contribution in [0.25, 0.3) is 0 Å². The van der Waals surface area contributed by atoms with Crippen LogP contribution in [0.1, 0.15) is 44.2 Å². The first kappa shape index (κ1) is 14.1. The molecule has 1 aromatic carbocycles. The quantitative estimate of drug-likeness (QED) is 0.849. The van der Waals surface area contributed by atoms with Gasteiger partial charge in [-0.3, -0.25) is 4.90 Å². The smallest absolute Gasteiger partial charge is 0.119 e. The Morgan fingerprint density at radius 3 is 3.00 bits per heavy atom. The minimum Gasteiger partial charge on any atom is -0.494 e. The van der Waals surface area contributed by atoms with Crippen LogP contribution in [0.5, 0.6) is 5.75 Å². The molecule has 4 heterocycles. The Kier molecular flexibility index (Phi) is 3.78. The molecule has 118 valence electrons. The fraction of sp³-hybridized carbons (Fsp3) is 0.611. The second kappa shape index (κ2) is 5.92. The molecule has 4 nitrogen and oxygen atoms in total. The van der Waals surface area contributed by atoms with Crippen molar-refractivity contribution in [1.82, 2.24) is 10.3 Å². The third-order valence-corrected chi connectivity index (χ3v) is 5.28. The van der Waals surface area contributed by atoms with Gasteiger partial charge in [0.15, 0.2) is 0 Å². The highest BCUT2D eigenvalue weighted by Crippen LogP contribution is 2.39. The topological polar surface area (TPSA) is 36.9 Å². The van der Waals surface area contributed by atoms with E-state index in [0.717, 1.165) is 18.8 Å². The lowest BCUT2D eigenvalue weighted by Gasteiger charge is -2.45. The standard InChI is InChI=1S/C18H25N3O/c1-2-3-11-22-15-6-4-5-14(12-15)17-18-16(19-20-17)13-7-9-21(18)10-8-13/h4-6,12-13,17-18,20H,2-3,7-11H2,1H3. The van der Waals surface area contributed by atoms with E-state index in [1.54, 1.807) is 0 Å². The Hall–Kier alpha value is -1.55. The molecule has 0 spiro atoms. The molecule has 4 heteroatoms. The van der Waals surface area contributed by atoms with Gasteiger partial charge in [0, 0.05) is 5.92 Å². The molecule has 0 aromatic heterocycles. The predicted molar refractivity (Wildman–Crippen MR) is 88.2 cm³/mol. The van der Waals surface area contributed by atoms with E-state index in [1.165, 1.54) is 43.6 Å². The lowest BCUT2D eigenvalue weighted by molar-refractivity contribution is 0.133. The largest absolute Gasteiger partial charge is 0.494 e. The number of hydrogen-bond donors (Lipinski definition) is 1. The Morgan fingerprint density at radius 1 is 1.32 bits per heavy atom. The van der Waals surface area contributed by atoms with Gasteiger partial charge in [0.05, 0.1) is 24.4 Å². The molecule has 5 rings (SSSR count). The van der Waals surface area contributed by atoms with Gasteiger partial charge in [-0.05, 0) is 50.0 Å². The maximum Gasteiger partial charge on any atom is 0.119 e. The maximum atomic E-state index is 5.87. The van der Waals surface area contributed by atoms with E-state index in [9.17, 15) is 0 Å². The Bertz CT molecular complexity index is 563. The molecule has 2 unspecified atom stereocenters. The summed E-state index contributed by atoms with van der Waals surface area (Å²) in [5.74, 6) is 1.69. The first-order valence-electron chi connectivity index (χ1n) is 8.66. The van der Waals surface area contributed by atoms with E-state index in [4.69, 9.17) is 4.74 Å². The Morgan fingerprint density at radius 2 is 2.18 bits per heavy atom. The van der Waals surface area contributed by atoms with Crippen molar-refractivity contribution in [3.63, 3.8) is 0 Å². The summed E-state index contributed by atoms with van der Waals surface area (Å²) in [7, 11) is 0. The number of nitrogens with zero attached hydrogens (tertiary/aromatic N) is 2. The summed E-state index contributed by atoms with van der Waals surface area (Å²) < 4.78 is 5.87. The molecule has 1 N–H and O–H groups in total. The van der Waals surface area contributed by atoms with Gasteiger partial charge in [-0.2, -0.15) is 5.10 Å². The minimum absolute atomic E-state index is 0.285. The monoisotopic (exact) mass is 299 g/mol. The molecule has 0 aliphatic carbocycles. The normalized spacial score (nSPS) is 32.3. The number of nitrogens with one attached hydrogen (secondary N) is 1. The number of fused-ring (bicyclic) bond motifs is 2. The van der Waals surface area contributed by atoms with Gasteiger partial charge in [0.2, 0.25) is 0 Å². The Labute approximate surface area is 132 Å². The van der Waals surface area contributed by atoms with Gasteiger partial charge in [-0.1, -0.05) is 25.5 Å². The van der Waals surface area contributed by atoms with E-state index >= 15 is 0 Å². The van der Waals surface area contributed by atoms with Crippen LogP contribution in [0.3, 0.4) is 0 Å². The van der Waals surface area contributed by atoms with Crippen LogP contribution in [0.15, 0.2) is 29.4 Å². The van der Waals surface area contributed by atoms with E-state index in [-0.39, 0.29) is 6.04 Å². The summed E-state index contributed by atoms with van der Waals surface area (Å²) in [6, 6.07) is 9.29. The number of hydrazone groups is 1. The summed E-state index contributed by atoms with van der Waals surface area (Å²) in [4.78, 5) is 2.61. The van der Waals surface area contributed by atoms with Crippen molar-refractivity contribution < 1.29 is 4.74 Å². The van der Waals surface area contributed by atoms with E-state index in [1.807, 2.05) is 0 Å². The number of ether oxygens (including phenoxy) is 1. The molecule has 1 aromatic rings. The summed E-state index contributed by atoms with van der Waals surface area (Å²) in [5.41, 5.74) is 6.09. The Balaban J connectivity index is 1.52. The van der Waals surface area contributed by atoms with Gasteiger partial charge >= 0.3 is 0 Å². The van der Waals surface area contributed by atoms with Crippen LogP contribution < -0.4 is 10.2 Å². The molecule has 22 heavy (non-hydrogen) atoms. The number of piperidine rings is 3. The predicted octanol–water partition coefficient (Wildman–Crippen LogP) is 2.96. The average Bonchev–Trinajstić information content (AvgIpc) is 3.04. The van der Waals surface area contributed by atoms with Crippen LogP contribution in [0.2, 0.25) is 0 Å². The number of benzene rings is 1. The maximum absolute atomic E-state index is 5.87. The van der Waals surface area contributed by atoms with Gasteiger partial charge in [0.25, 0.3) is 0 Å². The SMILES string of the molecule is CCCCOc1cccc(C2NN=C3C4CCN(CC4)C32)c1. The van der Waals surface area contributed by atoms with Crippen LogP contribution in [0.4, 0.5) is 0 Å². The van der Waals surface area contributed by atoms with Crippen molar-refractivity contribution in [3.05, 3.63) is 29.8 Å². The molecule has 2 bridgehead atoms. The first-order valence-corrected chi connectivity index (χ1v) is 8.66. The van der Waals surface area contributed by atoms with Gasteiger partial charge < -0.3 is 10.2 Å². The van der Waals surface area contributed by atoms with E-state index < -0.39 is 0 Å². The molecule has 0 saturated carbocycles. The van der Waals surface area contributed by atoms with Gasteiger partial charge in [-0.15, -0.1) is 0 Å². The third-order valence-electron chi connectivity index (χ3n) is 5.28. The van der Waals surface area contributed by atoms with Crippen molar-refractivity contribution in [2.45, 2.75) is 44.7 Å². The second-order valence-electron chi connectivity index (χ2n) is 6.67. The lowest BCUT2D eigenvalue weighted by atomic mass is 9.78. The highest BCUT2D eigenvalue weighted by atomic mass is 16.5. The fourth-order valence-corrected chi connectivity index (χ4v) is 4.04. The van der Waals surface area contributed by atoms with Gasteiger partial charge in [-0.25, -0.2) is 0 Å². The fourth-order valence-electron chi connectivity index (χ4n) is 4.04. The number of unbranched alkanes of at least 4 members (excludes halogenated alkanes) is 1. The lowest BCUT2D eigenvalue weighted by Crippen LogP contribution is -2.56. The van der Waals surface area contributed by atoms with Gasteiger partial charge in [0.1, 0.15) is 5.75 Å². The number of hydrogen-bond acceptors (Lipinski definition) is 4. The summed E-state index contributed by atoms with van der Waals surface area (Å²) >= 11 is 0. The molecule has 0 radical (unpaired) electrons. The summed E-state index contributed by atoms with van der Waals surface area (Å²) in [5, 5.41) is 4.69. The molecular formula is C18H25N3O.